The minimum atomic E-state index is 1.13. The molecule has 2 aromatic rings. The van der Waals surface area contributed by atoms with Gasteiger partial charge in [-0.15, -0.1) is 0 Å². The van der Waals surface area contributed by atoms with Crippen LogP contribution in [0, 0.1) is 0 Å². The molecule has 17 heavy (non-hydrogen) atoms. The van der Waals surface area contributed by atoms with Gasteiger partial charge in [-0.1, -0.05) is 0 Å². The van der Waals surface area contributed by atoms with E-state index in [1.807, 2.05) is 36.5 Å². The Labute approximate surface area is 107 Å². The summed E-state index contributed by atoms with van der Waals surface area (Å²) in [4.78, 5) is 8.03. The van der Waals surface area contributed by atoms with Crippen LogP contribution in [0.5, 0.6) is 0 Å². The third-order valence-electron chi connectivity index (χ3n) is 2.57. The molecule has 2 rings (SSSR count). The minimum Gasteiger partial charge on any atom is -0.265 e. The molecule has 3 heteroatoms. The maximum atomic E-state index is 4.02. The second-order valence-electron chi connectivity index (χ2n) is 3.82. The van der Waals surface area contributed by atoms with Crippen LogP contribution in [0.25, 0.3) is 0 Å². The standard InChI is InChI=1S/C14H16N2S/c1-7-15-8-2-13(1)5-11-17-12-6-14-3-9-16-10-4-14/h1-4,7-10H,5-6,11-12H2. The van der Waals surface area contributed by atoms with Gasteiger partial charge >= 0.3 is 0 Å². The van der Waals surface area contributed by atoms with E-state index >= 15 is 0 Å². The molecule has 0 spiro atoms. The second kappa shape index (κ2) is 7.07. The maximum absolute atomic E-state index is 4.02. The third kappa shape index (κ3) is 4.57. The van der Waals surface area contributed by atoms with Crippen LogP contribution in [0.15, 0.2) is 49.1 Å². The first kappa shape index (κ1) is 12.1. The predicted octanol–water partition coefficient (Wildman–Crippen LogP) is 3.00. The van der Waals surface area contributed by atoms with Gasteiger partial charge in [0.15, 0.2) is 0 Å². The summed E-state index contributed by atoms with van der Waals surface area (Å²) in [5.41, 5.74) is 2.74. The van der Waals surface area contributed by atoms with E-state index in [0.717, 1.165) is 12.8 Å². The first-order chi connectivity index (χ1) is 8.45. The van der Waals surface area contributed by atoms with E-state index in [2.05, 4.69) is 34.2 Å². The quantitative estimate of drug-likeness (QED) is 0.731. The molecular weight excluding hydrogens is 228 g/mol. The number of aryl methyl sites for hydroxylation is 2. The number of hydrogen-bond acceptors (Lipinski definition) is 3. The Morgan fingerprint density at radius 2 is 1.12 bits per heavy atom. The molecule has 0 aliphatic carbocycles. The fraction of sp³-hybridized carbons (Fsp3) is 0.286. The van der Waals surface area contributed by atoms with Crippen molar-refractivity contribution in [3.63, 3.8) is 0 Å². The van der Waals surface area contributed by atoms with Crippen LogP contribution in [-0.4, -0.2) is 21.5 Å². The van der Waals surface area contributed by atoms with Gasteiger partial charge in [0, 0.05) is 24.8 Å². The molecule has 0 bridgehead atoms. The highest BCUT2D eigenvalue weighted by Crippen LogP contribution is 2.09. The molecule has 0 aromatic carbocycles. The molecule has 2 heterocycles. The summed E-state index contributed by atoms with van der Waals surface area (Å²) in [6, 6.07) is 8.35. The predicted molar refractivity (Wildman–Crippen MR) is 73.2 cm³/mol. The lowest BCUT2D eigenvalue weighted by molar-refractivity contribution is 1.11. The van der Waals surface area contributed by atoms with Gasteiger partial charge in [-0.2, -0.15) is 11.8 Å². The van der Waals surface area contributed by atoms with Crippen molar-refractivity contribution in [2.24, 2.45) is 0 Å². The van der Waals surface area contributed by atoms with Crippen LogP contribution in [0.4, 0.5) is 0 Å². The van der Waals surface area contributed by atoms with Gasteiger partial charge in [-0.25, -0.2) is 0 Å². The van der Waals surface area contributed by atoms with Crippen molar-refractivity contribution in [2.45, 2.75) is 12.8 Å². The molecule has 88 valence electrons. The number of thioether (sulfide) groups is 1. The van der Waals surface area contributed by atoms with Crippen molar-refractivity contribution in [3.05, 3.63) is 60.2 Å². The molecular formula is C14H16N2S. The Balaban J connectivity index is 1.61. The van der Waals surface area contributed by atoms with E-state index in [1.165, 1.54) is 22.6 Å². The number of aromatic nitrogens is 2. The van der Waals surface area contributed by atoms with Crippen LogP contribution < -0.4 is 0 Å². The average molecular weight is 244 g/mol. The molecule has 0 saturated carbocycles. The molecule has 0 aliphatic rings. The van der Waals surface area contributed by atoms with Gasteiger partial charge in [-0.05, 0) is 59.7 Å². The molecule has 0 unspecified atom stereocenters. The summed E-state index contributed by atoms with van der Waals surface area (Å²) in [6.45, 7) is 0. The summed E-state index contributed by atoms with van der Waals surface area (Å²) in [5.74, 6) is 2.35. The molecule has 2 nitrogen and oxygen atoms in total. The smallest absolute Gasteiger partial charge is 0.0270 e. The lowest BCUT2D eigenvalue weighted by Gasteiger charge is -2.02. The van der Waals surface area contributed by atoms with Crippen molar-refractivity contribution in [2.75, 3.05) is 11.5 Å². The topological polar surface area (TPSA) is 25.8 Å². The largest absolute Gasteiger partial charge is 0.265 e. The highest BCUT2D eigenvalue weighted by atomic mass is 32.2. The van der Waals surface area contributed by atoms with Crippen molar-refractivity contribution in [1.29, 1.82) is 0 Å². The Morgan fingerprint density at radius 3 is 1.53 bits per heavy atom. The highest BCUT2D eigenvalue weighted by Gasteiger charge is 1.95. The number of nitrogens with zero attached hydrogens (tertiary/aromatic N) is 2. The van der Waals surface area contributed by atoms with Crippen molar-refractivity contribution < 1.29 is 0 Å². The normalized spacial score (nSPS) is 10.4. The SMILES string of the molecule is c1cc(CCSCCc2ccncc2)ccn1. The van der Waals surface area contributed by atoms with E-state index in [4.69, 9.17) is 0 Å². The fourth-order valence-electron chi connectivity index (χ4n) is 1.58. The van der Waals surface area contributed by atoms with E-state index in [0.29, 0.717) is 0 Å². The lowest BCUT2D eigenvalue weighted by Crippen LogP contribution is -1.93. The first-order valence-electron chi connectivity index (χ1n) is 5.81. The van der Waals surface area contributed by atoms with Crippen molar-refractivity contribution >= 4 is 11.8 Å². The lowest BCUT2D eigenvalue weighted by atomic mass is 10.2. The minimum absolute atomic E-state index is 1.13. The third-order valence-corrected chi connectivity index (χ3v) is 3.55. The van der Waals surface area contributed by atoms with Crippen LogP contribution >= 0.6 is 11.8 Å². The summed E-state index contributed by atoms with van der Waals surface area (Å²) in [6.07, 6.45) is 9.69. The van der Waals surface area contributed by atoms with Crippen LogP contribution in [0.1, 0.15) is 11.1 Å². The molecule has 2 aromatic heterocycles. The number of pyridine rings is 2. The van der Waals surface area contributed by atoms with Crippen LogP contribution in [-0.2, 0) is 12.8 Å². The first-order valence-corrected chi connectivity index (χ1v) is 6.96. The average Bonchev–Trinajstić information content (AvgIpc) is 2.41. The van der Waals surface area contributed by atoms with Gasteiger partial charge in [0.05, 0.1) is 0 Å². The second-order valence-corrected chi connectivity index (χ2v) is 5.05. The number of rotatable bonds is 6. The zero-order valence-corrected chi connectivity index (χ0v) is 10.6. The zero-order chi connectivity index (χ0) is 11.8. The molecule has 0 radical (unpaired) electrons. The number of hydrogen-bond donors (Lipinski definition) is 0. The fourth-order valence-corrected chi connectivity index (χ4v) is 2.55. The Kier molecular flexibility index (Phi) is 5.04. The summed E-state index contributed by atoms with van der Waals surface area (Å²) < 4.78 is 0. The van der Waals surface area contributed by atoms with Gasteiger partial charge in [-0.3, -0.25) is 9.97 Å². The van der Waals surface area contributed by atoms with Crippen LogP contribution in [0.2, 0.25) is 0 Å². The van der Waals surface area contributed by atoms with E-state index < -0.39 is 0 Å². The molecule has 0 fully saturated rings. The monoisotopic (exact) mass is 244 g/mol. The molecule has 0 aliphatic heterocycles. The van der Waals surface area contributed by atoms with E-state index in [-0.39, 0.29) is 0 Å². The zero-order valence-electron chi connectivity index (χ0n) is 9.75. The van der Waals surface area contributed by atoms with Gasteiger partial charge in [0.1, 0.15) is 0 Å². The van der Waals surface area contributed by atoms with Crippen LogP contribution in [0.3, 0.4) is 0 Å². The Hall–Kier alpha value is -1.35. The summed E-state index contributed by atoms with van der Waals surface area (Å²) in [7, 11) is 0. The summed E-state index contributed by atoms with van der Waals surface area (Å²) in [5, 5.41) is 0. The molecule has 0 N–H and O–H groups in total. The van der Waals surface area contributed by atoms with Crippen molar-refractivity contribution in [1.82, 2.24) is 9.97 Å². The molecule has 0 atom stereocenters. The Morgan fingerprint density at radius 1 is 0.706 bits per heavy atom. The Bertz CT molecular complexity index is 375. The van der Waals surface area contributed by atoms with E-state index in [1.54, 1.807) is 0 Å². The van der Waals surface area contributed by atoms with Crippen molar-refractivity contribution in [3.8, 4) is 0 Å². The maximum Gasteiger partial charge on any atom is 0.0270 e. The molecule has 0 saturated heterocycles. The molecule has 0 amide bonds. The highest BCUT2D eigenvalue weighted by molar-refractivity contribution is 7.99. The van der Waals surface area contributed by atoms with E-state index in [9.17, 15) is 0 Å². The summed E-state index contributed by atoms with van der Waals surface area (Å²) >= 11 is 2.00. The van der Waals surface area contributed by atoms with Gasteiger partial charge < -0.3 is 0 Å². The van der Waals surface area contributed by atoms with Gasteiger partial charge in [0.2, 0.25) is 0 Å². The van der Waals surface area contributed by atoms with Gasteiger partial charge in [0.25, 0.3) is 0 Å².